The summed E-state index contributed by atoms with van der Waals surface area (Å²) in [5.41, 5.74) is 5.61. The Balaban J connectivity index is 2.29. The monoisotopic (exact) mass is 245 g/mol. The van der Waals surface area contributed by atoms with Gasteiger partial charge in [-0.15, -0.1) is 11.8 Å². The van der Waals surface area contributed by atoms with Crippen LogP contribution in [-0.2, 0) is 0 Å². The quantitative estimate of drug-likeness (QED) is 0.612. The molecule has 1 rings (SSSR count). The normalized spacial score (nSPS) is 12.8. The molecule has 0 aromatic heterocycles. The van der Waals surface area contributed by atoms with Crippen LogP contribution in [0.4, 0.5) is 8.78 Å². The molecule has 0 heterocycles. The lowest BCUT2D eigenvalue weighted by Crippen LogP contribution is -2.14. The second kappa shape index (κ2) is 6.86. The van der Waals surface area contributed by atoms with Gasteiger partial charge in [-0.05, 0) is 43.7 Å². The molecule has 1 aromatic carbocycles. The van der Waals surface area contributed by atoms with Crippen molar-refractivity contribution in [2.24, 2.45) is 5.73 Å². The first-order valence-corrected chi connectivity index (χ1v) is 6.41. The summed E-state index contributed by atoms with van der Waals surface area (Å²) in [6.45, 7) is 1.97. The summed E-state index contributed by atoms with van der Waals surface area (Å²) >= 11 is 1.36. The van der Waals surface area contributed by atoms with Crippen LogP contribution in [0, 0.1) is 11.6 Å². The van der Waals surface area contributed by atoms with Gasteiger partial charge in [0.25, 0.3) is 0 Å². The second-order valence-corrected chi connectivity index (χ2v) is 5.03. The van der Waals surface area contributed by atoms with Crippen molar-refractivity contribution in [3.8, 4) is 0 Å². The highest BCUT2D eigenvalue weighted by Gasteiger charge is 2.04. The number of rotatable bonds is 6. The first kappa shape index (κ1) is 13.5. The van der Waals surface area contributed by atoms with Gasteiger partial charge in [0.05, 0.1) is 0 Å². The molecule has 4 heteroatoms. The molecule has 1 nitrogen and oxygen atoms in total. The summed E-state index contributed by atoms with van der Waals surface area (Å²) in [7, 11) is 0. The van der Waals surface area contributed by atoms with Crippen LogP contribution in [-0.4, -0.2) is 11.8 Å². The van der Waals surface area contributed by atoms with E-state index in [4.69, 9.17) is 5.73 Å². The van der Waals surface area contributed by atoms with Gasteiger partial charge in [0.15, 0.2) is 0 Å². The lowest BCUT2D eigenvalue weighted by atomic mass is 10.2. The maximum atomic E-state index is 13.2. The van der Waals surface area contributed by atoms with E-state index in [2.05, 4.69) is 0 Å². The lowest BCUT2D eigenvalue weighted by molar-refractivity contribution is 0.576. The van der Waals surface area contributed by atoms with Gasteiger partial charge in [-0.3, -0.25) is 0 Å². The van der Waals surface area contributed by atoms with Crippen molar-refractivity contribution >= 4 is 11.8 Å². The van der Waals surface area contributed by atoms with E-state index in [1.807, 2.05) is 6.92 Å². The third-order valence-electron chi connectivity index (χ3n) is 2.20. The van der Waals surface area contributed by atoms with Gasteiger partial charge in [0.1, 0.15) is 11.6 Å². The largest absolute Gasteiger partial charge is 0.328 e. The predicted molar refractivity (Wildman–Crippen MR) is 64.6 cm³/mol. The zero-order valence-electron chi connectivity index (χ0n) is 9.38. The van der Waals surface area contributed by atoms with E-state index in [-0.39, 0.29) is 17.7 Å². The maximum Gasteiger partial charge on any atom is 0.136 e. The number of unbranched alkanes of at least 4 members (excludes halogenated alkanes) is 1. The molecule has 1 aromatic rings. The highest BCUT2D eigenvalue weighted by Crippen LogP contribution is 2.23. The van der Waals surface area contributed by atoms with E-state index >= 15 is 0 Å². The Bertz CT molecular complexity index is 329. The van der Waals surface area contributed by atoms with Gasteiger partial charge < -0.3 is 5.73 Å². The van der Waals surface area contributed by atoms with Gasteiger partial charge in [0.2, 0.25) is 0 Å². The first-order valence-electron chi connectivity index (χ1n) is 5.43. The standard InChI is InChI=1S/C12H17F2NS/c1-9(15)4-2-3-7-16-12-8-10(13)5-6-11(12)14/h5-6,8-9H,2-4,7,15H2,1H3. The molecule has 0 saturated carbocycles. The maximum absolute atomic E-state index is 13.2. The van der Waals surface area contributed by atoms with Gasteiger partial charge in [-0.2, -0.15) is 0 Å². The Kier molecular flexibility index (Phi) is 5.77. The van der Waals surface area contributed by atoms with Crippen LogP contribution in [0.3, 0.4) is 0 Å². The van der Waals surface area contributed by atoms with E-state index in [0.717, 1.165) is 31.1 Å². The molecule has 0 radical (unpaired) electrons. The van der Waals surface area contributed by atoms with Crippen molar-refractivity contribution in [3.05, 3.63) is 29.8 Å². The number of halogens is 2. The molecular formula is C12H17F2NS. The van der Waals surface area contributed by atoms with Gasteiger partial charge in [-0.25, -0.2) is 8.78 Å². The molecule has 0 spiro atoms. The highest BCUT2D eigenvalue weighted by atomic mass is 32.2. The summed E-state index contributed by atoms with van der Waals surface area (Å²) in [6.07, 6.45) is 2.98. The van der Waals surface area contributed by atoms with Crippen LogP contribution in [0.15, 0.2) is 23.1 Å². The van der Waals surface area contributed by atoms with Gasteiger partial charge in [0, 0.05) is 10.9 Å². The molecule has 0 bridgehead atoms. The molecule has 16 heavy (non-hydrogen) atoms. The summed E-state index contributed by atoms with van der Waals surface area (Å²) in [4.78, 5) is 0.390. The highest BCUT2D eigenvalue weighted by molar-refractivity contribution is 7.99. The minimum Gasteiger partial charge on any atom is -0.328 e. The van der Waals surface area contributed by atoms with Crippen LogP contribution in [0.25, 0.3) is 0 Å². The fourth-order valence-corrected chi connectivity index (χ4v) is 2.31. The minimum absolute atomic E-state index is 0.218. The van der Waals surface area contributed by atoms with E-state index in [0.29, 0.717) is 4.90 Å². The Morgan fingerprint density at radius 2 is 2.06 bits per heavy atom. The summed E-state index contributed by atoms with van der Waals surface area (Å²) < 4.78 is 26.0. The molecule has 0 amide bonds. The lowest BCUT2D eigenvalue weighted by Gasteiger charge is -2.05. The molecule has 0 aliphatic rings. The number of hydrogen-bond acceptors (Lipinski definition) is 2. The average Bonchev–Trinajstić information content (AvgIpc) is 2.22. The summed E-state index contributed by atoms with van der Waals surface area (Å²) in [6, 6.07) is 3.76. The third kappa shape index (κ3) is 4.94. The summed E-state index contributed by atoms with van der Waals surface area (Å²) in [5, 5.41) is 0. The van der Waals surface area contributed by atoms with Crippen LogP contribution in [0.5, 0.6) is 0 Å². The number of thioether (sulfide) groups is 1. The molecular weight excluding hydrogens is 228 g/mol. The van der Waals surface area contributed by atoms with Crippen molar-refractivity contribution < 1.29 is 8.78 Å². The first-order chi connectivity index (χ1) is 7.59. The Labute approximate surface area is 99.4 Å². The summed E-state index contributed by atoms with van der Waals surface area (Å²) in [5.74, 6) is 0.0608. The second-order valence-electron chi connectivity index (χ2n) is 3.90. The zero-order valence-corrected chi connectivity index (χ0v) is 10.2. The van der Waals surface area contributed by atoms with Crippen LogP contribution < -0.4 is 5.73 Å². The molecule has 1 unspecified atom stereocenters. The van der Waals surface area contributed by atoms with E-state index in [1.54, 1.807) is 0 Å². The average molecular weight is 245 g/mol. The SMILES string of the molecule is CC(N)CCCCSc1cc(F)ccc1F. The zero-order chi connectivity index (χ0) is 12.0. The van der Waals surface area contributed by atoms with Crippen molar-refractivity contribution in [1.82, 2.24) is 0 Å². The van der Waals surface area contributed by atoms with Gasteiger partial charge in [-0.1, -0.05) is 6.42 Å². The predicted octanol–water partition coefficient (Wildman–Crippen LogP) is 3.57. The molecule has 0 fully saturated rings. The van der Waals surface area contributed by atoms with Crippen molar-refractivity contribution in [2.45, 2.75) is 37.1 Å². The molecule has 0 saturated heterocycles. The molecule has 1 atom stereocenters. The Hall–Kier alpha value is -0.610. The van der Waals surface area contributed by atoms with Crippen molar-refractivity contribution in [2.75, 3.05) is 5.75 Å². The van der Waals surface area contributed by atoms with Crippen LogP contribution in [0.1, 0.15) is 26.2 Å². The molecule has 0 aliphatic heterocycles. The fourth-order valence-electron chi connectivity index (χ4n) is 1.34. The van der Waals surface area contributed by atoms with E-state index in [1.165, 1.54) is 23.9 Å². The third-order valence-corrected chi connectivity index (χ3v) is 3.32. The van der Waals surface area contributed by atoms with Gasteiger partial charge >= 0.3 is 0 Å². The number of benzene rings is 1. The molecule has 2 N–H and O–H groups in total. The minimum atomic E-state index is -0.389. The number of hydrogen-bond donors (Lipinski definition) is 1. The Morgan fingerprint density at radius 1 is 1.31 bits per heavy atom. The van der Waals surface area contributed by atoms with Crippen molar-refractivity contribution in [1.29, 1.82) is 0 Å². The van der Waals surface area contributed by atoms with Crippen LogP contribution in [0.2, 0.25) is 0 Å². The van der Waals surface area contributed by atoms with E-state index < -0.39 is 0 Å². The van der Waals surface area contributed by atoms with Crippen LogP contribution >= 0.6 is 11.8 Å². The molecule has 90 valence electrons. The smallest absolute Gasteiger partial charge is 0.136 e. The van der Waals surface area contributed by atoms with Crippen molar-refractivity contribution in [3.63, 3.8) is 0 Å². The number of nitrogens with two attached hydrogens (primary N) is 1. The Morgan fingerprint density at radius 3 is 2.75 bits per heavy atom. The molecule has 0 aliphatic carbocycles. The fraction of sp³-hybridized carbons (Fsp3) is 0.500. The van der Waals surface area contributed by atoms with E-state index in [9.17, 15) is 8.78 Å². The topological polar surface area (TPSA) is 26.0 Å².